The fraction of sp³-hybridized carbons (Fsp3) is 0.600. The van der Waals surface area contributed by atoms with Crippen LogP contribution in [0.25, 0.3) is 0 Å². The zero-order valence-electron chi connectivity index (χ0n) is 12.8. The smallest absolute Gasteiger partial charge is 0.324 e. The molecule has 6 heteroatoms. The molecule has 1 rings (SSSR count). The second kappa shape index (κ2) is 7.80. The van der Waals surface area contributed by atoms with Gasteiger partial charge in [0, 0.05) is 11.3 Å². The zero-order valence-corrected chi connectivity index (χ0v) is 14.3. The van der Waals surface area contributed by atoms with Gasteiger partial charge in [0.2, 0.25) is 0 Å². The average molecular weight is 333 g/mol. The first-order valence-electron chi connectivity index (χ1n) is 6.97. The molecule has 0 aliphatic heterocycles. The number of carbonyl (C=O) groups excluding carboxylic acids is 2. The second-order valence-corrected chi connectivity index (χ2v) is 6.75. The van der Waals surface area contributed by atoms with E-state index in [0.29, 0.717) is 4.34 Å². The van der Waals surface area contributed by atoms with Crippen LogP contribution in [0.3, 0.4) is 0 Å². The van der Waals surface area contributed by atoms with Crippen molar-refractivity contribution in [3.63, 3.8) is 0 Å². The molecule has 0 spiro atoms. The van der Waals surface area contributed by atoms with Crippen LogP contribution in [0.1, 0.15) is 32.6 Å². The Morgan fingerprint density at radius 1 is 1.19 bits per heavy atom. The van der Waals surface area contributed by atoms with Crippen LogP contribution >= 0.6 is 22.9 Å². The van der Waals surface area contributed by atoms with Crippen molar-refractivity contribution < 1.29 is 19.1 Å². The van der Waals surface area contributed by atoms with Crippen molar-refractivity contribution >= 4 is 34.9 Å². The Morgan fingerprint density at radius 2 is 1.71 bits per heavy atom. The fourth-order valence-corrected chi connectivity index (χ4v) is 3.33. The summed E-state index contributed by atoms with van der Waals surface area (Å²) in [5, 5.41) is 0. The molecule has 1 aromatic heterocycles. The van der Waals surface area contributed by atoms with E-state index in [-0.39, 0.29) is 25.6 Å². The monoisotopic (exact) mass is 332 g/mol. The Kier molecular flexibility index (Phi) is 6.68. The molecule has 0 amide bonds. The quantitative estimate of drug-likeness (QED) is 0.564. The topological polar surface area (TPSA) is 52.6 Å². The van der Waals surface area contributed by atoms with Gasteiger partial charge in [-0.15, -0.1) is 11.3 Å². The van der Waals surface area contributed by atoms with Gasteiger partial charge in [0.25, 0.3) is 0 Å². The summed E-state index contributed by atoms with van der Waals surface area (Å²) < 4.78 is 10.9. The van der Waals surface area contributed by atoms with Crippen molar-refractivity contribution in [3.05, 3.63) is 21.3 Å². The highest BCUT2D eigenvalue weighted by molar-refractivity contribution is 7.16. The average Bonchev–Trinajstić information content (AvgIpc) is 2.81. The SMILES string of the molecule is CCOC(=O)C(Cc1ccc(Cl)s1)(C(=O)OCC)C(C)C. The second-order valence-electron chi connectivity index (χ2n) is 4.95. The molecule has 118 valence electrons. The standard InChI is InChI=1S/C15H21ClO4S/c1-5-19-13(17)15(10(3)4,14(18)20-6-2)9-11-7-8-12(16)21-11/h7-8,10H,5-6,9H2,1-4H3. The summed E-state index contributed by atoms with van der Waals surface area (Å²) in [7, 11) is 0. The van der Waals surface area contributed by atoms with Gasteiger partial charge in [-0.05, 0) is 31.9 Å². The summed E-state index contributed by atoms with van der Waals surface area (Å²) >= 11 is 7.29. The highest BCUT2D eigenvalue weighted by Gasteiger charge is 2.51. The number of carbonyl (C=O) groups is 2. The Hall–Kier alpha value is -1.07. The highest BCUT2D eigenvalue weighted by Crippen LogP contribution is 2.37. The Bertz CT molecular complexity index is 478. The molecule has 0 atom stereocenters. The molecule has 1 heterocycles. The van der Waals surface area contributed by atoms with E-state index < -0.39 is 17.4 Å². The predicted molar refractivity (Wildman–Crippen MR) is 83.6 cm³/mol. The third kappa shape index (κ3) is 3.98. The van der Waals surface area contributed by atoms with Gasteiger partial charge in [-0.25, -0.2) is 0 Å². The lowest BCUT2D eigenvalue weighted by atomic mass is 9.74. The predicted octanol–water partition coefficient (Wildman–Crippen LogP) is 3.71. The van der Waals surface area contributed by atoms with E-state index in [0.717, 1.165) is 4.88 Å². The lowest BCUT2D eigenvalue weighted by Gasteiger charge is -2.32. The first-order valence-corrected chi connectivity index (χ1v) is 8.16. The van der Waals surface area contributed by atoms with Crippen LogP contribution in [0.4, 0.5) is 0 Å². The summed E-state index contributed by atoms with van der Waals surface area (Å²) in [6.45, 7) is 7.52. The maximum absolute atomic E-state index is 12.5. The van der Waals surface area contributed by atoms with Crippen LogP contribution < -0.4 is 0 Å². The van der Waals surface area contributed by atoms with Crippen molar-refractivity contribution in [1.29, 1.82) is 0 Å². The fourth-order valence-electron chi connectivity index (χ4n) is 2.14. The summed E-state index contributed by atoms with van der Waals surface area (Å²) in [6.07, 6.45) is 0.236. The molecule has 0 saturated heterocycles. The van der Waals surface area contributed by atoms with Crippen LogP contribution in [0.2, 0.25) is 4.34 Å². The minimum absolute atomic E-state index is 0.220. The summed E-state index contributed by atoms with van der Waals surface area (Å²) in [6, 6.07) is 3.57. The van der Waals surface area contributed by atoms with Gasteiger partial charge in [0.15, 0.2) is 5.41 Å². The summed E-state index contributed by atoms with van der Waals surface area (Å²) in [5.41, 5.74) is -1.33. The van der Waals surface area contributed by atoms with E-state index in [2.05, 4.69) is 0 Å². The third-order valence-corrected chi connectivity index (χ3v) is 4.58. The minimum Gasteiger partial charge on any atom is -0.465 e. The van der Waals surface area contributed by atoms with Crippen molar-refractivity contribution in [2.24, 2.45) is 11.3 Å². The molecular formula is C15H21ClO4S. The minimum atomic E-state index is -1.33. The van der Waals surface area contributed by atoms with Crippen LogP contribution in [0.5, 0.6) is 0 Å². The largest absolute Gasteiger partial charge is 0.465 e. The molecule has 0 unspecified atom stereocenters. The molecule has 1 aromatic rings. The first kappa shape index (κ1) is 18.0. The molecule has 0 N–H and O–H groups in total. The molecule has 0 aliphatic carbocycles. The Balaban J connectivity index is 3.22. The molecular weight excluding hydrogens is 312 g/mol. The van der Waals surface area contributed by atoms with Gasteiger partial charge < -0.3 is 9.47 Å². The number of hydrogen-bond donors (Lipinski definition) is 0. The maximum atomic E-state index is 12.5. The van der Waals surface area contributed by atoms with Crippen LogP contribution in [0.15, 0.2) is 12.1 Å². The lowest BCUT2D eigenvalue weighted by molar-refractivity contribution is -0.175. The third-order valence-electron chi connectivity index (χ3n) is 3.35. The van der Waals surface area contributed by atoms with Crippen LogP contribution in [0, 0.1) is 11.3 Å². The molecule has 0 fully saturated rings. The van der Waals surface area contributed by atoms with E-state index in [4.69, 9.17) is 21.1 Å². The molecule has 0 aliphatic rings. The summed E-state index contributed by atoms with van der Waals surface area (Å²) in [4.78, 5) is 25.8. The molecule has 21 heavy (non-hydrogen) atoms. The van der Waals surface area contributed by atoms with E-state index in [9.17, 15) is 9.59 Å². The highest BCUT2D eigenvalue weighted by atomic mass is 35.5. The zero-order chi connectivity index (χ0) is 16.0. The maximum Gasteiger partial charge on any atom is 0.324 e. The van der Waals surface area contributed by atoms with Crippen LogP contribution in [-0.2, 0) is 25.5 Å². The van der Waals surface area contributed by atoms with E-state index in [1.54, 1.807) is 19.9 Å². The number of esters is 2. The van der Waals surface area contributed by atoms with Crippen molar-refractivity contribution in [1.82, 2.24) is 0 Å². The van der Waals surface area contributed by atoms with Crippen molar-refractivity contribution in [2.75, 3.05) is 13.2 Å². The number of hydrogen-bond acceptors (Lipinski definition) is 5. The van der Waals surface area contributed by atoms with E-state index in [1.165, 1.54) is 11.3 Å². The Labute approximate surface area is 134 Å². The van der Waals surface area contributed by atoms with Gasteiger partial charge in [0.05, 0.1) is 17.6 Å². The van der Waals surface area contributed by atoms with E-state index >= 15 is 0 Å². The Morgan fingerprint density at radius 3 is 2.05 bits per heavy atom. The van der Waals surface area contributed by atoms with E-state index in [1.807, 2.05) is 19.9 Å². The lowest BCUT2D eigenvalue weighted by Crippen LogP contribution is -2.47. The molecule has 0 bridgehead atoms. The number of ether oxygens (including phenoxy) is 2. The van der Waals surface area contributed by atoms with Crippen molar-refractivity contribution in [3.8, 4) is 0 Å². The van der Waals surface area contributed by atoms with Gasteiger partial charge in [-0.2, -0.15) is 0 Å². The van der Waals surface area contributed by atoms with Gasteiger partial charge in [-0.3, -0.25) is 9.59 Å². The number of rotatable bonds is 7. The molecule has 4 nitrogen and oxygen atoms in total. The number of thiophene rings is 1. The molecule has 0 aromatic carbocycles. The molecule has 0 saturated carbocycles. The van der Waals surface area contributed by atoms with Gasteiger partial charge in [-0.1, -0.05) is 25.4 Å². The van der Waals surface area contributed by atoms with Gasteiger partial charge in [0.1, 0.15) is 0 Å². The first-order chi connectivity index (χ1) is 9.88. The van der Waals surface area contributed by atoms with Crippen molar-refractivity contribution in [2.45, 2.75) is 34.1 Å². The van der Waals surface area contributed by atoms with Crippen LogP contribution in [-0.4, -0.2) is 25.2 Å². The summed E-state index contributed by atoms with van der Waals surface area (Å²) in [5.74, 6) is -1.33. The normalized spacial score (nSPS) is 11.5. The van der Waals surface area contributed by atoms with Gasteiger partial charge >= 0.3 is 11.9 Å². The number of halogens is 1. The molecule has 0 radical (unpaired) electrons.